The van der Waals surface area contributed by atoms with Crippen LogP contribution in [0, 0.1) is 18.3 Å². The maximum Gasteiger partial charge on any atom is 0.260 e. The predicted octanol–water partition coefficient (Wildman–Crippen LogP) is 3.18. The molecule has 0 radical (unpaired) electrons. The number of anilines is 3. The van der Waals surface area contributed by atoms with Crippen molar-refractivity contribution in [2.24, 2.45) is 0 Å². The van der Waals surface area contributed by atoms with E-state index in [-0.39, 0.29) is 5.91 Å². The molecular weight excluding hydrogens is 360 g/mol. The van der Waals surface area contributed by atoms with Crippen molar-refractivity contribution >= 4 is 44.6 Å². The number of nitrogens with zero attached hydrogens (tertiary/aromatic N) is 4. The van der Waals surface area contributed by atoms with E-state index >= 15 is 0 Å². The SMILES string of the molecule is COc1ccc(NC(=O)c2c(C)nsc2Nc2ncc(C#N)s2)cn1. The Kier molecular flexibility index (Phi) is 4.87. The molecule has 0 aromatic carbocycles. The zero-order chi connectivity index (χ0) is 17.8. The summed E-state index contributed by atoms with van der Waals surface area (Å²) in [6, 6.07) is 5.38. The van der Waals surface area contributed by atoms with Gasteiger partial charge in [-0.25, -0.2) is 9.97 Å². The molecule has 8 nitrogen and oxygen atoms in total. The maximum atomic E-state index is 12.6. The minimum atomic E-state index is -0.308. The highest BCUT2D eigenvalue weighted by Crippen LogP contribution is 2.30. The van der Waals surface area contributed by atoms with E-state index in [1.807, 2.05) is 6.07 Å². The van der Waals surface area contributed by atoms with Crippen molar-refractivity contribution in [2.75, 3.05) is 17.7 Å². The monoisotopic (exact) mass is 372 g/mol. The highest BCUT2D eigenvalue weighted by molar-refractivity contribution is 7.16. The van der Waals surface area contributed by atoms with Crippen molar-refractivity contribution in [3.63, 3.8) is 0 Å². The van der Waals surface area contributed by atoms with Crippen LogP contribution in [0.25, 0.3) is 0 Å². The fourth-order valence-corrected chi connectivity index (χ4v) is 3.45. The van der Waals surface area contributed by atoms with E-state index in [0.29, 0.717) is 37.8 Å². The number of aryl methyl sites for hydroxylation is 1. The van der Waals surface area contributed by atoms with Gasteiger partial charge in [-0.2, -0.15) is 9.64 Å². The van der Waals surface area contributed by atoms with Gasteiger partial charge in [0.2, 0.25) is 5.88 Å². The number of ether oxygens (including phenoxy) is 1. The summed E-state index contributed by atoms with van der Waals surface area (Å²) in [5, 5.41) is 15.8. The number of carbonyl (C=O) groups excluding carboxylic acids is 1. The summed E-state index contributed by atoms with van der Waals surface area (Å²) in [7, 11) is 1.52. The zero-order valence-electron chi connectivity index (χ0n) is 13.2. The Bertz CT molecular complexity index is 942. The third-order valence-electron chi connectivity index (χ3n) is 3.13. The number of pyridine rings is 1. The Hall–Kier alpha value is -3.03. The third kappa shape index (κ3) is 3.73. The van der Waals surface area contributed by atoms with Crippen molar-refractivity contribution in [3.8, 4) is 11.9 Å². The molecule has 0 aliphatic carbocycles. The third-order valence-corrected chi connectivity index (χ3v) is 4.80. The first-order chi connectivity index (χ1) is 12.1. The standard InChI is InChI=1S/C15H12N6O2S2/c1-8-12(13(22)19-9-3-4-11(23-2)17-6-9)14(25-21-8)20-15-18-7-10(5-16)24-15/h3-4,6-7H,1-2H3,(H,18,20)(H,19,22). The largest absolute Gasteiger partial charge is 0.481 e. The van der Waals surface area contributed by atoms with Gasteiger partial charge in [-0.15, -0.1) is 0 Å². The first-order valence-electron chi connectivity index (χ1n) is 7.01. The minimum Gasteiger partial charge on any atom is -0.481 e. The molecule has 1 amide bonds. The summed E-state index contributed by atoms with van der Waals surface area (Å²) < 4.78 is 9.22. The van der Waals surface area contributed by atoms with Crippen LogP contribution in [-0.2, 0) is 0 Å². The van der Waals surface area contributed by atoms with Gasteiger partial charge in [-0.3, -0.25) is 4.79 Å². The van der Waals surface area contributed by atoms with Gasteiger partial charge in [0, 0.05) is 6.07 Å². The summed E-state index contributed by atoms with van der Waals surface area (Å²) in [6.07, 6.45) is 2.99. The van der Waals surface area contributed by atoms with E-state index in [1.165, 1.54) is 30.8 Å². The lowest BCUT2D eigenvalue weighted by atomic mass is 10.2. The molecule has 126 valence electrons. The number of hydrogen-bond donors (Lipinski definition) is 2. The highest BCUT2D eigenvalue weighted by atomic mass is 32.1. The van der Waals surface area contributed by atoms with Crippen LogP contribution in [-0.4, -0.2) is 27.4 Å². The summed E-state index contributed by atoms with van der Waals surface area (Å²) in [5.74, 6) is 0.156. The second-order valence-electron chi connectivity index (χ2n) is 4.78. The summed E-state index contributed by atoms with van der Waals surface area (Å²) >= 11 is 2.36. The second-order valence-corrected chi connectivity index (χ2v) is 6.59. The molecule has 25 heavy (non-hydrogen) atoms. The van der Waals surface area contributed by atoms with Crippen LogP contribution in [0.4, 0.5) is 15.8 Å². The van der Waals surface area contributed by atoms with Gasteiger partial charge in [0.1, 0.15) is 15.9 Å². The minimum absolute atomic E-state index is 0.308. The van der Waals surface area contributed by atoms with Crippen molar-refractivity contribution in [1.82, 2.24) is 14.3 Å². The number of carbonyl (C=O) groups is 1. The molecule has 0 atom stereocenters. The molecule has 2 N–H and O–H groups in total. The summed E-state index contributed by atoms with van der Waals surface area (Å²) in [5.41, 5.74) is 1.57. The van der Waals surface area contributed by atoms with Crippen molar-refractivity contribution in [1.29, 1.82) is 5.26 Å². The van der Waals surface area contributed by atoms with Crippen LogP contribution in [0.1, 0.15) is 20.9 Å². The van der Waals surface area contributed by atoms with Gasteiger partial charge in [-0.1, -0.05) is 11.3 Å². The van der Waals surface area contributed by atoms with Crippen LogP contribution < -0.4 is 15.4 Å². The molecule has 3 aromatic heterocycles. The molecule has 3 aromatic rings. The first-order valence-corrected chi connectivity index (χ1v) is 8.60. The van der Waals surface area contributed by atoms with Gasteiger partial charge in [0.05, 0.1) is 36.4 Å². The molecule has 0 saturated heterocycles. The van der Waals surface area contributed by atoms with E-state index in [4.69, 9.17) is 10.00 Å². The maximum absolute atomic E-state index is 12.6. The van der Waals surface area contributed by atoms with E-state index in [2.05, 4.69) is 25.0 Å². The molecule has 10 heteroatoms. The van der Waals surface area contributed by atoms with Crippen LogP contribution in [0.5, 0.6) is 5.88 Å². The Morgan fingerprint density at radius 3 is 2.80 bits per heavy atom. The first kappa shape index (κ1) is 16.8. The average Bonchev–Trinajstić information content (AvgIpc) is 3.22. The quantitative estimate of drug-likeness (QED) is 0.707. The second kappa shape index (κ2) is 7.25. The Morgan fingerprint density at radius 2 is 2.16 bits per heavy atom. The van der Waals surface area contributed by atoms with Gasteiger partial charge in [-0.05, 0) is 24.5 Å². The Labute approximate surface area is 151 Å². The van der Waals surface area contributed by atoms with Gasteiger partial charge < -0.3 is 15.4 Å². The molecule has 0 bridgehead atoms. The topological polar surface area (TPSA) is 113 Å². The molecule has 0 aliphatic heterocycles. The molecule has 3 heterocycles. The van der Waals surface area contributed by atoms with Crippen LogP contribution in [0.2, 0.25) is 0 Å². The molecule has 0 unspecified atom stereocenters. The fraction of sp³-hybridized carbons (Fsp3) is 0.133. The Morgan fingerprint density at radius 1 is 1.32 bits per heavy atom. The predicted molar refractivity (Wildman–Crippen MR) is 95.7 cm³/mol. The number of nitriles is 1. The Balaban J connectivity index is 1.80. The number of aromatic nitrogens is 3. The van der Waals surface area contributed by atoms with Crippen molar-refractivity contribution in [3.05, 3.63) is 40.7 Å². The summed E-state index contributed by atoms with van der Waals surface area (Å²) in [4.78, 5) is 21.3. The number of rotatable bonds is 5. The average molecular weight is 372 g/mol. The van der Waals surface area contributed by atoms with E-state index < -0.39 is 0 Å². The fourth-order valence-electron chi connectivity index (χ4n) is 1.97. The lowest BCUT2D eigenvalue weighted by Gasteiger charge is -2.07. The summed E-state index contributed by atoms with van der Waals surface area (Å²) in [6.45, 7) is 1.76. The van der Waals surface area contributed by atoms with E-state index in [0.717, 1.165) is 11.5 Å². The number of amides is 1. The van der Waals surface area contributed by atoms with E-state index in [9.17, 15) is 4.79 Å². The van der Waals surface area contributed by atoms with Gasteiger partial charge >= 0.3 is 0 Å². The van der Waals surface area contributed by atoms with Crippen LogP contribution in [0.3, 0.4) is 0 Å². The number of thiazole rings is 1. The lowest BCUT2D eigenvalue weighted by molar-refractivity contribution is 0.102. The van der Waals surface area contributed by atoms with Crippen molar-refractivity contribution < 1.29 is 9.53 Å². The molecule has 0 saturated carbocycles. The van der Waals surface area contributed by atoms with Crippen molar-refractivity contribution in [2.45, 2.75) is 6.92 Å². The smallest absolute Gasteiger partial charge is 0.260 e. The van der Waals surface area contributed by atoms with E-state index in [1.54, 1.807) is 19.1 Å². The molecule has 3 rings (SSSR count). The number of nitrogens with one attached hydrogen (secondary N) is 2. The zero-order valence-corrected chi connectivity index (χ0v) is 14.9. The van der Waals surface area contributed by atoms with Crippen LogP contribution >= 0.6 is 22.9 Å². The lowest BCUT2D eigenvalue weighted by Crippen LogP contribution is -2.14. The normalized spacial score (nSPS) is 10.1. The number of methoxy groups -OCH3 is 1. The number of hydrogen-bond acceptors (Lipinski definition) is 9. The molecule has 0 fully saturated rings. The molecule has 0 aliphatic rings. The van der Waals surface area contributed by atoms with Crippen LogP contribution in [0.15, 0.2) is 24.5 Å². The van der Waals surface area contributed by atoms with Gasteiger partial charge in [0.15, 0.2) is 5.13 Å². The molecular formula is C15H12N6O2S2. The van der Waals surface area contributed by atoms with Gasteiger partial charge in [0.25, 0.3) is 5.91 Å². The molecule has 0 spiro atoms. The highest BCUT2D eigenvalue weighted by Gasteiger charge is 2.20.